The number of likely N-dealkylation sites (tertiary alicyclic amines) is 1. The summed E-state index contributed by atoms with van der Waals surface area (Å²) < 4.78 is 32.3. The third-order valence-electron chi connectivity index (χ3n) is 13.3. The number of aromatic hydroxyl groups is 1. The molecule has 5 N–H and O–H groups in total. The van der Waals surface area contributed by atoms with E-state index in [-0.39, 0.29) is 94.7 Å². The van der Waals surface area contributed by atoms with Gasteiger partial charge in [-0.15, -0.1) is 22.7 Å². The Kier molecular flexibility index (Phi) is 16.5. The molecule has 390 valence electrons. The SMILES string of the molecule is Cc1ncsc1-c1ccc(CNC(=O)[C@@H]2C[C@@H](O)CN2C(=O)[C@H](C(C)C)N2Cc3ccccc3C2=O)c(OCCOCCOCC#Cc2cccc3c2C(=O)N([C@H](c2cc(F)ccc2O)C(O)Nc2nccs2)C3)c1. The number of carbonyl (C=O) groups excluding carboxylic acids is 4. The number of amides is 4. The zero-order valence-corrected chi connectivity index (χ0v) is 43.0. The first-order valence-electron chi connectivity index (χ1n) is 24.5. The van der Waals surface area contributed by atoms with Crippen molar-refractivity contribution in [3.8, 4) is 33.8 Å². The molecule has 0 radical (unpaired) electrons. The number of aromatic nitrogens is 2. The second-order valence-corrected chi connectivity index (χ2v) is 20.4. The Morgan fingerprint density at radius 1 is 0.920 bits per heavy atom. The highest BCUT2D eigenvalue weighted by molar-refractivity contribution is 7.13. The molecule has 1 fully saturated rings. The summed E-state index contributed by atoms with van der Waals surface area (Å²) in [6, 6.07) is 18.6. The van der Waals surface area contributed by atoms with Crippen LogP contribution in [0.4, 0.5) is 9.52 Å². The van der Waals surface area contributed by atoms with Crippen molar-refractivity contribution in [3.63, 3.8) is 0 Å². The van der Waals surface area contributed by atoms with E-state index in [4.69, 9.17) is 14.2 Å². The van der Waals surface area contributed by atoms with E-state index in [1.807, 2.05) is 51.1 Å². The van der Waals surface area contributed by atoms with Crippen molar-refractivity contribution in [2.24, 2.45) is 5.92 Å². The van der Waals surface area contributed by atoms with Crippen molar-refractivity contribution in [2.45, 2.75) is 77.3 Å². The van der Waals surface area contributed by atoms with Crippen molar-refractivity contribution in [2.75, 3.05) is 44.9 Å². The van der Waals surface area contributed by atoms with Crippen LogP contribution in [0.2, 0.25) is 0 Å². The lowest BCUT2D eigenvalue weighted by Crippen LogP contribution is -2.55. The number of β-amino-alcohol motifs (C(OH)–C–C–N with tert-alkyl or cyclic N) is 1. The van der Waals surface area contributed by atoms with Gasteiger partial charge in [0, 0.05) is 66.4 Å². The highest BCUT2D eigenvalue weighted by atomic mass is 32.1. The molecule has 0 bridgehead atoms. The number of phenolic OH excluding ortho intramolecular Hbond substituents is 1. The number of aliphatic hydroxyl groups excluding tert-OH is 2. The number of hydrogen-bond donors (Lipinski definition) is 5. The van der Waals surface area contributed by atoms with Crippen LogP contribution in [-0.4, -0.2) is 128 Å². The second kappa shape index (κ2) is 23.5. The molecule has 9 rings (SSSR count). The molecule has 5 heterocycles. The number of hydrogen-bond acceptors (Lipinski definition) is 15. The first kappa shape index (κ1) is 52.6. The summed E-state index contributed by atoms with van der Waals surface area (Å²) >= 11 is 2.73. The summed E-state index contributed by atoms with van der Waals surface area (Å²) in [5, 5.41) is 40.8. The molecule has 3 aliphatic heterocycles. The smallest absolute Gasteiger partial charge is 0.256 e. The molecule has 0 spiro atoms. The minimum absolute atomic E-state index is 0.0247. The van der Waals surface area contributed by atoms with E-state index in [0.717, 1.165) is 33.8 Å². The maximum atomic E-state index is 14.5. The van der Waals surface area contributed by atoms with Gasteiger partial charge in [0.15, 0.2) is 11.4 Å². The van der Waals surface area contributed by atoms with Crippen LogP contribution in [0.15, 0.2) is 96.0 Å². The largest absolute Gasteiger partial charge is 0.508 e. The summed E-state index contributed by atoms with van der Waals surface area (Å²) in [6.45, 7) is 6.92. The number of phenols is 1. The quantitative estimate of drug-likeness (QED) is 0.0324. The Morgan fingerprint density at radius 2 is 1.71 bits per heavy atom. The first-order valence-corrected chi connectivity index (χ1v) is 26.2. The molecule has 5 atom stereocenters. The van der Waals surface area contributed by atoms with Crippen LogP contribution in [0.1, 0.15) is 80.5 Å². The Labute approximate surface area is 440 Å². The predicted octanol–water partition coefficient (Wildman–Crippen LogP) is 6.27. The number of aliphatic hydroxyl groups is 2. The molecular formula is C55H56FN7O10S2. The van der Waals surface area contributed by atoms with Crippen molar-refractivity contribution in [1.29, 1.82) is 0 Å². The summed E-state index contributed by atoms with van der Waals surface area (Å²) in [5.41, 5.74) is 7.06. The van der Waals surface area contributed by atoms with E-state index in [1.165, 1.54) is 38.5 Å². The van der Waals surface area contributed by atoms with Gasteiger partial charge in [-0.25, -0.2) is 14.4 Å². The molecule has 0 saturated carbocycles. The van der Waals surface area contributed by atoms with E-state index < -0.39 is 48.1 Å². The van der Waals surface area contributed by atoms with E-state index >= 15 is 0 Å². The molecule has 6 aromatic rings. The monoisotopic (exact) mass is 1060 g/mol. The fourth-order valence-electron chi connectivity index (χ4n) is 9.78. The molecule has 4 amide bonds. The van der Waals surface area contributed by atoms with Gasteiger partial charge in [0.2, 0.25) is 11.8 Å². The lowest BCUT2D eigenvalue weighted by Gasteiger charge is -2.35. The van der Waals surface area contributed by atoms with Crippen LogP contribution in [-0.2, 0) is 38.7 Å². The summed E-state index contributed by atoms with van der Waals surface area (Å²) in [5.74, 6) is 3.82. The molecule has 20 heteroatoms. The summed E-state index contributed by atoms with van der Waals surface area (Å²) in [6.07, 6.45) is -0.758. The molecule has 1 saturated heterocycles. The molecular weight excluding hydrogens is 1000 g/mol. The molecule has 75 heavy (non-hydrogen) atoms. The number of nitrogens with one attached hydrogen (secondary N) is 2. The van der Waals surface area contributed by atoms with Crippen molar-refractivity contribution in [3.05, 3.63) is 146 Å². The number of ether oxygens (including phenoxy) is 3. The van der Waals surface area contributed by atoms with Gasteiger partial charge in [-0.1, -0.05) is 68.2 Å². The lowest BCUT2D eigenvalue weighted by molar-refractivity contribution is -0.143. The fraction of sp³-hybridized carbons (Fsp3) is 0.345. The van der Waals surface area contributed by atoms with Crippen LogP contribution in [0.5, 0.6) is 11.5 Å². The maximum absolute atomic E-state index is 14.5. The Balaban J connectivity index is 0.776. The number of fused-ring (bicyclic) bond motifs is 2. The highest BCUT2D eigenvalue weighted by Gasteiger charge is 2.46. The normalized spacial score (nSPS) is 17.1. The molecule has 2 aromatic heterocycles. The van der Waals surface area contributed by atoms with Gasteiger partial charge in [0.1, 0.15) is 48.7 Å². The topological polar surface area (TPSA) is 216 Å². The number of halogens is 1. The average Bonchev–Trinajstić information content (AvgIpc) is 4.28. The number of benzene rings is 4. The maximum Gasteiger partial charge on any atom is 0.256 e. The third kappa shape index (κ3) is 11.7. The van der Waals surface area contributed by atoms with E-state index in [1.54, 1.807) is 52.3 Å². The van der Waals surface area contributed by atoms with Crippen molar-refractivity contribution in [1.82, 2.24) is 30.0 Å². The number of aryl methyl sites for hydroxylation is 1. The second-order valence-electron chi connectivity index (χ2n) is 18.6. The number of thiazole rings is 2. The fourth-order valence-corrected chi connectivity index (χ4v) is 11.1. The van der Waals surface area contributed by atoms with Crippen LogP contribution in [0.3, 0.4) is 0 Å². The molecule has 17 nitrogen and oxygen atoms in total. The molecule has 1 unspecified atom stereocenters. The van der Waals surface area contributed by atoms with Crippen LogP contribution in [0, 0.1) is 30.5 Å². The third-order valence-corrected chi connectivity index (χ3v) is 15.0. The molecule has 3 aliphatic rings. The average molecular weight is 1060 g/mol. The zero-order chi connectivity index (χ0) is 52.8. The van der Waals surface area contributed by atoms with E-state index in [0.29, 0.717) is 38.7 Å². The molecule has 4 aromatic carbocycles. The summed E-state index contributed by atoms with van der Waals surface area (Å²) in [4.78, 5) is 69.6. The molecule has 0 aliphatic carbocycles. The standard InChI is InChI=1S/C55H56FN7O10S2/c1-32(2)47(62-28-37-8-4-5-12-41(37)52(62)68)54(70)61-30-40(64)26-43(61)50(66)58-27-36-14-13-35(49-33(3)59-31-75-49)24-45(36)73-22-21-72-20-19-71-18-7-11-34-9-6-10-38-29-63(53(69)46(34)38)48(42-25-39(56)15-16-44(42)65)51(67)60-55-57-17-23-74-55/h4-6,8-10,12-17,23-25,31-32,40,43,47-48,51,64-65,67H,18-22,26-30H2,1-3H3,(H,57,60)(H,58,66)/t40-,43+,47+,48-,51?/m1/s1. The predicted molar refractivity (Wildman–Crippen MR) is 278 cm³/mol. The van der Waals surface area contributed by atoms with Gasteiger partial charge < -0.3 is 54.9 Å². The van der Waals surface area contributed by atoms with Crippen LogP contribution >= 0.6 is 22.7 Å². The van der Waals surface area contributed by atoms with Gasteiger partial charge in [0.25, 0.3) is 11.8 Å². The highest BCUT2D eigenvalue weighted by Crippen LogP contribution is 2.39. The van der Waals surface area contributed by atoms with Gasteiger partial charge in [-0.2, -0.15) is 0 Å². The van der Waals surface area contributed by atoms with Gasteiger partial charge >= 0.3 is 0 Å². The Hall–Kier alpha value is -7.25. The number of anilines is 1. The number of rotatable bonds is 20. The van der Waals surface area contributed by atoms with Crippen molar-refractivity contribution >= 4 is 51.4 Å². The number of carbonyl (C=O) groups is 4. The van der Waals surface area contributed by atoms with Gasteiger partial charge in [-0.05, 0) is 65.9 Å². The van der Waals surface area contributed by atoms with Crippen molar-refractivity contribution < 1.29 is 53.1 Å². The minimum Gasteiger partial charge on any atom is -0.508 e. The van der Waals surface area contributed by atoms with E-state index in [2.05, 4.69) is 32.4 Å². The number of nitrogens with zero attached hydrogens (tertiary/aromatic N) is 5. The van der Waals surface area contributed by atoms with E-state index in [9.17, 15) is 38.9 Å². The first-order chi connectivity index (χ1) is 36.3. The lowest BCUT2D eigenvalue weighted by atomic mass is 10.0. The Morgan fingerprint density at radius 3 is 2.48 bits per heavy atom. The zero-order valence-electron chi connectivity index (χ0n) is 41.4. The van der Waals surface area contributed by atoms with Gasteiger partial charge in [-0.3, -0.25) is 19.2 Å². The minimum atomic E-state index is -1.45. The van der Waals surface area contributed by atoms with Crippen LogP contribution in [0.25, 0.3) is 10.4 Å². The summed E-state index contributed by atoms with van der Waals surface area (Å²) in [7, 11) is 0. The Bertz CT molecular complexity index is 3120. The van der Waals surface area contributed by atoms with Gasteiger partial charge in [0.05, 0.1) is 47.6 Å². The van der Waals surface area contributed by atoms with Crippen LogP contribution < -0.4 is 15.4 Å².